The Balaban J connectivity index is 1.49. The standard InChI is InChI=1S/C17H20ClN5O3/c1-17(2)7-10-3-4-11(18)14(15(10)26-17)21-16(24)20-12-8-25-9-13(12)23-6-5-19-22-23/h3-6,12-13H,7-9H2,1-2H3,(H2,20,21,24)/t12-,13+/m0/s1. The lowest BCUT2D eigenvalue weighted by Crippen LogP contribution is -2.43. The topological polar surface area (TPSA) is 90.3 Å². The fourth-order valence-electron chi connectivity index (χ4n) is 3.40. The van der Waals surface area contributed by atoms with E-state index in [-0.39, 0.29) is 23.7 Å². The summed E-state index contributed by atoms with van der Waals surface area (Å²) in [4.78, 5) is 12.6. The van der Waals surface area contributed by atoms with Crippen molar-refractivity contribution in [1.29, 1.82) is 0 Å². The summed E-state index contributed by atoms with van der Waals surface area (Å²) >= 11 is 6.30. The molecule has 2 atom stereocenters. The van der Waals surface area contributed by atoms with Gasteiger partial charge in [0.2, 0.25) is 0 Å². The summed E-state index contributed by atoms with van der Waals surface area (Å²) in [6.07, 6.45) is 4.12. The Bertz CT molecular complexity index is 824. The predicted molar refractivity (Wildman–Crippen MR) is 95.7 cm³/mol. The number of hydrogen-bond donors (Lipinski definition) is 2. The van der Waals surface area contributed by atoms with E-state index in [4.69, 9.17) is 21.1 Å². The maximum Gasteiger partial charge on any atom is 0.319 e. The van der Waals surface area contributed by atoms with E-state index in [9.17, 15) is 4.79 Å². The highest BCUT2D eigenvalue weighted by Gasteiger charge is 2.35. The van der Waals surface area contributed by atoms with Gasteiger partial charge in [-0.2, -0.15) is 0 Å². The van der Waals surface area contributed by atoms with Gasteiger partial charge in [-0.05, 0) is 19.9 Å². The van der Waals surface area contributed by atoms with Gasteiger partial charge in [-0.25, -0.2) is 9.48 Å². The number of nitrogens with one attached hydrogen (secondary N) is 2. The van der Waals surface area contributed by atoms with Crippen molar-refractivity contribution in [1.82, 2.24) is 20.3 Å². The van der Waals surface area contributed by atoms with Crippen molar-refractivity contribution in [2.45, 2.75) is 38.0 Å². The molecule has 0 spiro atoms. The minimum Gasteiger partial charge on any atom is -0.485 e. The highest BCUT2D eigenvalue weighted by Crippen LogP contribution is 2.44. The molecule has 0 radical (unpaired) electrons. The molecule has 0 unspecified atom stereocenters. The summed E-state index contributed by atoms with van der Waals surface area (Å²) in [5, 5.41) is 14.0. The number of anilines is 1. The largest absolute Gasteiger partial charge is 0.485 e. The third-order valence-electron chi connectivity index (χ3n) is 4.57. The number of benzene rings is 1. The van der Waals surface area contributed by atoms with E-state index < -0.39 is 0 Å². The second kappa shape index (κ2) is 6.44. The third kappa shape index (κ3) is 3.22. The maximum atomic E-state index is 12.6. The monoisotopic (exact) mass is 377 g/mol. The van der Waals surface area contributed by atoms with Crippen molar-refractivity contribution in [3.05, 3.63) is 35.1 Å². The predicted octanol–water partition coefficient (Wildman–Crippen LogP) is 2.41. The molecule has 2 aromatic rings. The van der Waals surface area contributed by atoms with Crippen LogP contribution in [0.15, 0.2) is 24.5 Å². The Hall–Kier alpha value is -2.32. The van der Waals surface area contributed by atoms with Crippen LogP contribution in [0, 0.1) is 0 Å². The van der Waals surface area contributed by atoms with Gasteiger partial charge < -0.3 is 20.1 Å². The second-order valence-corrected chi connectivity index (χ2v) is 7.55. The molecule has 1 fully saturated rings. The number of hydrogen-bond acceptors (Lipinski definition) is 5. The summed E-state index contributed by atoms with van der Waals surface area (Å²) in [7, 11) is 0. The van der Waals surface area contributed by atoms with Crippen LogP contribution < -0.4 is 15.4 Å². The van der Waals surface area contributed by atoms with Crippen LogP contribution in [0.2, 0.25) is 5.02 Å². The van der Waals surface area contributed by atoms with Gasteiger partial charge in [-0.15, -0.1) is 5.10 Å². The molecule has 0 bridgehead atoms. The van der Waals surface area contributed by atoms with Crippen molar-refractivity contribution < 1.29 is 14.3 Å². The fraction of sp³-hybridized carbons (Fsp3) is 0.471. The molecule has 1 aromatic carbocycles. The summed E-state index contributed by atoms with van der Waals surface area (Å²) in [5.41, 5.74) is 1.19. The van der Waals surface area contributed by atoms with Crippen molar-refractivity contribution in [3.8, 4) is 5.75 Å². The van der Waals surface area contributed by atoms with Crippen LogP contribution in [0.4, 0.5) is 10.5 Å². The lowest BCUT2D eigenvalue weighted by atomic mass is 10.0. The molecular formula is C17H20ClN5O3. The van der Waals surface area contributed by atoms with E-state index in [0.29, 0.717) is 29.7 Å². The summed E-state index contributed by atoms with van der Waals surface area (Å²) in [5.74, 6) is 0.633. The van der Waals surface area contributed by atoms with Gasteiger partial charge in [-0.1, -0.05) is 22.9 Å². The highest BCUT2D eigenvalue weighted by atomic mass is 35.5. The number of halogens is 1. The number of amides is 2. The van der Waals surface area contributed by atoms with Crippen LogP contribution in [-0.2, 0) is 11.2 Å². The van der Waals surface area contributed by atoms with Crippen molar-refractivity contribution >= 4 is 23.3 Å². The number of carbonyl (C=O) groups excluding carboxylic acids is 1. The molecule has 2 amide bonds. The van der Waals surface area contributed by atoms with Crippen LogP contribution >= 0.6 is 11.6 Å². The first-order valence-corrected chi connectivity index (χ1v) is 8.82. The second-order valence-electron chi connectivity index (χ2n) is 7.14. The number of carbonyl (C=O) groups is 1. The quantitative estimate of drug-likeness (QED) is 0.857. The molecule has 0 aliphatic carbocycles. The molecule has 9 heteroatoms. The Morgan fingerprint density at radius 3 is 3.00 bits per heavy atom. The minimum atomic E-state index is -0.366. The van der Waals surface area contributed by atoms with Crippen molar-refractivity contribution in [2.75, 3.05) is 18.5 Å². The number of rotatable bonds is 3. The van der Waals surface area contributed by atoms with Gasteiger partial charge in [-0.3, -0.25) is 0 Å². The first-order chi connectivity index (χ1) is 12.4. The SMILES string of the molecule is CC1(C)Cc2ccc(Cl)c(NC(=O)N[C@H]3COC[C@H]3n3ccnn3)c2O1. The van der Waals surface area contributed by atoms with Crippen LogP contribution in [0.25, 0.3) is 0 Å². The molecule has 2 aliphatic rings. The molecule has 2 N–H and O–H groups in total. The number of urea groups is 1. The van der Waals surface area contributed by atoms with Crippen LogP contribution in [0.1, 0.15) is 25.5 Å². The number of nitrogens with zero attached hydrogens (tertiary/aromatic N) is 3. The van der Waals surface area contributed by atoms with Gasteiger partial charge in [0.05, 0.1) is 36.5 Å². The third-order valence-corrected chi connectivity index (χ3v) is 4.88. The molecular weight excluding hydrogens is 358 g/mol. The number of ether oxygens (including phenoxy) is 2. The Labute approximate surface area is 155 Å². The molecule has 8 nitrogen and oxygen atoms in total. The first kappa shape index (κ1) is 17.1. The van der Waals surface area contributed by atoms with Crippen molar-refractivity contribution in [3.63, 3.8) is 0 Å². The minimum absolute atomic E-state index is 0.101. The zero-order valence-electron chi connectivity index (χ0n) is 14.5. The number of aromatic nitrogens is 3. The first-order valence-electron chi connectivity index (χ1n) is 8.44. The summed E-state index contributed by atoms with van der Waals surface area (Å²) in [6.45, 7) is 4.88. The average molecular weight is 378 g/mol. The smallest absolute Gasteiger partial charge is 0.319 e. The maximum absolute atomic E-state index is 12.6. The van der Waals surface area contributed by atoms with E-state index in [2.05, 4.69) is 20.9 Å². The Morgan fingerprint density at radius 1 is 1.38 bits per heavy atom. The molecule has 138 valence electrons. The van der Waals surface area contributed by atoms with Gasteiger partial charge in [0.15, 0.2) is 0 Å². The lowest BCUT2D eigenvalue weighted by molar-refractivity contribution is 0.139. The van der Waals surface area contributed by atoms with Gasteiger partial charge in [0.1, 0.15) is 17.0 Å². The molecule has 1 aromatic heterocycles. The Kier molecular flexibility index (Phi) is 4.24. The van der Waals surface area contributed by atoms with E-state index in [1.807, 2.05) is 19.9 Å². The number of fused-ring (bicyclic) bond motifs is 1. The normalized spacial score (nSPS) is 23.3. The molecule has 3 heterocycles. The van der Waals surface area contributed by atoms with Crippen LogP contribution in [0.3, 0.4) is 0 Å². The molecule has 2 aliphatic heterocycles. The zero-order valence-corrected chi connectivity index (χ0v) is 15.3. The van der Waals surface area contributed by atoms with Crippen LogP contribution in [-0.4, -0.2) is 45.9 Å². The molecule has 26 heavy (non-hydrogen) atoms. The van der Waals surface area contributed by atoms with Crippen molar-refractivity contribution in [2.24, 2.45) is 0 Å². The lowest BCUT2D eigenvalue weighted by Gasteiger charge is -2.21. The van der Waals surface area contributed by atoms with Gasteiger partial charge >= 0.3 is 6.03 Å². The zero-order chi connectivity index (χ0) is 18.3. The Morgan fingerprint density at radius 2 is 2.23 bits per heavy atom. The van der Waals surface area contributed by atoms with Crippen LogP contribution in [0.5, 0.6) is 5.75 Å². The fourth-order valence-corrected chi connectivity index (χ4v) is 3.59. The van der Waals surface area contributed by atoms with E-state index in [0.717, 1.165) is 12.0 Å². The summed E-state index contributed by atoms with van der Waals surface area (Å²) in [6, 6.07) is 3.02. The van der Waals surface area contributed by atoms with Gasteiger partial charge in [0.25, 0.3) is 0 Å². The molecule has 0 saturated carbocycles. The highest BCUT2D eigenvalue weighted by molar-refractivity contribution is 6.34. The average Bonchev–Trinajstić information content (AvgIpc) is 3.28. The molecule has 1 saturated heterocycles. The van der Waals surface area contributed by atoms with E-state index >= 15 is 0 Å². The summed E-state index contributed by atoms with van der Waals surface area (Å²) < 4.78 is 13.2. The van der Waals surface area contributed by atoms with E-state index in [1.54, 1.807) is 23.1 Å². The van der Waals surface area contributed by atoms with E-state index in [1.165, 1.54) is 0 Å². The molecule has 4 rings (SSSR count). The van der Waals surface area contributed by atoms with Gasteiger partial charge in [0, 0.05) is 18.2 Å².